The number of anilines is 2. The van der Waals surface area contributed by atoms with Crippen LogP contribution in [0, 0.1) is 6.92 Å². The van der Waals surface area contributed by atoms with Gasteiger partial charge in [-0.2, -0.15) is 0 Å². The average molecular weight is 271 g/mol. The van der Waals surface area contributed by atoms with Gasteiger partial charge >= 0.3 is 0 Å². The maximum Gasteiger partial charge on any atom is 0.132 e. The van der Waals surface area contributed by atoms with Crippen LogP contribution in [0.3, 0.4) is 0 Å². The first-order valence-electron chi connectivity index (χ1n) is 6.20. The number of para-hydroxylation sites is 1. The molecule has 0 amide bonds. The average Bonchev–Trinajstić information content (AvgIpc) is 2.42. The van der Waals surface area contributed by atoms with Gasteiger partial charge in [-0.25, -0.2) is 4.98 Å². The maximum atomic E-state index is 5.61. The van der Waals surface area contributed by atoms with Crippen LogP contribution in [0.4, 0.5) is 11.5 Å². The van der Waals surface area contributed by atoms with Crippen molar-refractivity contribution in [2.45, 2.75) is 13.3 Å². The molecule has 4 heteroatoms. The SMILES string of the molecule is Cc1ccc(N(CCC(N)=S)c2ccccc2)nc1. The topological polar surface area (TPSA) is 42.1 Å². The number of benzene rings is 1. The van der Waals surface area contributed by atoms with E-state index in [0.29, 0.717) is 11.4 Å². The number of thiocarbonyl (C=S) groups is 1. The van der Waals surface area contributed by atoms with Crippen LogP contribution in [0.15, 0.2) is 48.7 Å². The molecular weight excluding hydrogens is 254 g/mol. The number of rotatable bonds is 5. The summed E-state index contributed by atoms with van der Waals surface area (Å²) in [5.41, 5.74) is 7.84. The summed E-state index contributed by atoms with van der Waals surface area (Å²) in [6.45, 7) is 2.76. The molecule has 0 unspecified atom stereocenters. The number of pyridine rings is 1. The van der Waals surface area contributed by atoms with E-state index in [1.54, 1.807) is 0 Å². The molecule has 0 saturated carbocycles. The molecule has 0 fully saturated rings. The highest BCUT2D eigenvalue weighted by atomic mass is 32.1. The van der Waals surface area contributed by atoms with E-state index in [0.717, 1.165) is 23.6 Å². The Morgan fingerprint density at radius 2 is 1.95 bits per heavy atom. The third-order valence-electron chi connectivity index (χ3n) is 2.82. The molecule has 19 heavy (non-hydrogen) atoms. The van der Waals surface area contributed by atoms with E-state index in [1.165, 1.54) is 0 Å². The molecule has 1 aromatic heterocycles. The molecule has 2 rings (SSSR count). The molecule has 3 nitrogen and oxygen atoms in total. The van der Waals surface area contributed by atoms with Gasteiger partial charge in [-0.15, -0.1) is 0 Å². The standard InChI is InChI=1S/C15H17N3S/c1-12-7-8-15(17-11-12)18(10-9-14(16)19)13-5-3-2-4-6-13/h2-8,11H,9-10H2,1H3,(H2,16,19). The van der Waals surface area contributed by atoms with E-state index >= 15 is 0 Å². The Labute approximate surface area is 119 Å². The van der Waals surface area contributed by atoms with Crippen LogP contribution in [-0.2, 0) is 0 Å². The first kappa shape index (κ1) is 13.5. The van der Waals surface area contributed by atoms with Gasteiger partial charge in [0.15, 0.2) is 0 Å². The third kappa shape index (κ3) is 3.76. The van der Waals surface area contributed by atoms with Crippen molar-refractivity contribution >= 4 is 28.7 Å². The minimum absolute atomic E-state index is 0.521. The number of hydrogen-bond donors (Lipinski definition) is 1. The Balaban J connectivity index is 2.28. The van der Waals surface area contributed by atoms with Gasteiger partial charge in [0.05, 0.1) is 4.99 Å². The fourth-order valence-corrected chi connectivity index (χ4v) is 1.92. The summed E-state index contributed by atoms with van der Waals surface area (Å²) >= 11 is 4.97. The second-order valence-electron chi connectivity index (χ2n) is 4.40. The molecule has 0 atom stereocenters. The Kier molecular flexibility index (Phi) is 4.47. The number of nitrogens with two attached hydrogens (primary N) is 1. The van der Waals surface area contributed by atoms with Crippen molar-refractivity contribution in [3.63, 3.8) is 0 Å². The van der Waals surface area contributed by atoms with E-state index in [4.69, 9.17) is 18.0 Å². The van der Waals surface area contributed by atoms with Gasteiger partial charge in [-0.05, 0) is 30.7 Å². The summed E-state index contributed by atoms with van der Waals surface area (Å²) < 4.78 is 0. The first-order valence-corrected chi connectivity index (χ1v) is 6.61. The van der Waals surface area contributed by atoms with Crippen LogP contribution in [0.25, 0.3) is 0 Å². The quantitative estimate of drug-likeness (QED) is 0.848. The van der Waals surface area contributed by atoms with Crippen molar-refractivity contribution in [1.82, 2.24) is 4.98 Å². The van der Waals surface area contributed by atoms with Gasteiger partial charge in [-0.3, -0.25) is 0 Å². The fourth-order valence-electron chi connectivity index (χ4n) is 1.83. The number of aromatic nitrogens is 1. The van der Waals surface area contributed by atoms with E-state index in [1.807, 2.05) is 37.4 Å². The summed E-state index contributed by atoms with van der Waals surface area (Å²) in [7, 11) is 0. The normalized spacial score (nSPS) is 10.2. The third-order valence-corrected chi connectivity index (χ3v) is 3.03. The Morgan fingerprint density at radius 3 is 2.53 bits per heavy atom. The summed E-state index contributed by atoms with van der Waals surface area (Å²) in [6.07, 6.45) is 2.53. The molecule has 0 saturated heterocycles. The summed E-state index contributed by atoms with van der Waals surface area (Å²) in [5.74, 6) is 0.910. The van der Waals surface area contributed by atoms with Crippen LogP contribution < -0.4 is 10.6 Å². The second kappa shape index (κ2) is 6.29. The number of hydrogen-bond acceptors (Lipinski definition) is 3. The predicted molar refractivity (Wildman–Crippen MR) is 83.8 cm³/mol. The molecule has 0 aliphatic carbocycles. The zero-order chi connectivity index (χ0) is 13.7. The molecule has 1 heterocycles. The van der Waals surface area contributed by atoms with E-state index in [2.05, 4.69) is 28.1 Å². The van der Waals surface area contributed by atoms with Crippen molar-refractivity contribution in [3.05, 3.63) is 54.2 Å². The summed E-state index contributed by atoms with van der Waals surface area (Å²) in [5, 5.41) is 0. The lowest BCUT2D eigenvalue weighted by Gasteiger charge is -2.23. The first-order chi connectivity index (χ1) is 9.16. The minimum atomic E-state index is 0.521. The lowest BCUT2D eigenvalue weighted by Crippen LogP contribution is -2.23. The highest BCUT2D eigenvalue weighted by Crippen LogP contribution is 2.23. The summed E-state index contributed by atoms with van der Waals surface area (Å²) in [4.78, 5) is 7.12. The smallest absolute Gasteiger partial charge is 0.132 e. The highest BCUT2D eigenvalue weighted by Gasteiger charge is 2.10. The van der Waals surface area contributed by atoms with Gasteiger partial charge in [0.2, 0.25) is 0 Å². The monoisotopic (exact) mass is 271 g/mol. The van der Waals surface area contributed by atoms with Gasteiger partial charge in [0.25, 0.3) is 0 Å². The molecule has 0 aliphatic rings. The molecule has 0 spiro atoms. The molecule has 2 N–H and O–H groups in total. The van der Waals surface area contributed by atoms with Crippen molar-refractivity contribution in [1.29, 1.82) is 0 Å². The Bertz CT molecular complexity index is 537. The largest absolute Gasteiger partial charge is 0.393 e. The molecule has 98 valence electrons. The zero-order valence-electron chi connectivity index (χ0n) is 10.9. The van der Waals surface area contributed by atoms with Crippen LogP contribution in [0.2, 0.25) is 0 Å². The van der Waals surface area contributed by atoms with Crippen molar-refractivity contribution in [2.75, 3.05) is 11.4 Å². The lowest BCUT2D eigenvalue weighted by atomic mass is 10.2. The van der Waals surface area contributed by atoms with Crippen LogP contribution in [-0.4, -0.2) is 16.5 Å². The number of nitrogens with zero attached hydrogens (tertiary/aromatic N) is 2. The van der Waals surface area contributed by atoms with Crippen LogP contribution >= 0.6 is 12.2 Å². The van der Waals surface area contributed by atoms with Gasteiger partial charge in [-0.1, -0.05) is 36.5 Å². The lowest BCUT2D eigenvalue weighted by molar-refractivity contribution is 0.942. The predicted octanol–water partition coefficient (Wildman–Crippen LogP) is 3.20. The minimum Gasteiger partial charge on any atom is -0.393 e. The Hall–Kier alpha value is -1.94. The van der Waals surface area contributed by atoms with Crippen molar-refractivity contribution < 1.29 is 0 Å². The molecule has 1 aromatic carbocycles. The highest BCUT2D eigenvalue weighted by molar-refractivity contribution is 7.80. The van der Waals surface area contributed by atoms with Crippen molar-refractivity contribution in [3.8, 4) is 0 Å². The Morgan fingerprint density at radius 1 is 1.21 bits per heavy atom. The van der Waals surface area contributed by atoms with E-state index in [9.17, 15) is 0 Å². The molecular formula is C15H17N3S. The second-order valence-corrected chi connectivity index (χ2v) is 4.92. The summed E-state index contributed by atoms with van der Waals surface area (Å²) in [6, 6.07) is 14.2. The van der Waals surface area contributed by atoms with Crippen LogP contribution in [0.5, 0.6) is 0 Å². The van der Waals surface area contributed by atoms with E-state index in [-0.39, 0.29) is 0 Å². The van der Waals surface area contributed by atoms with Crippen molar-refractivity contribution in [2.24, 2.45) is 5.73 Å². The fraction of sp³-hybridized carbons (Fsp3) is 0.200. The molecule has 0 bridgehead atoms. The van der Waals surface area contributed by atoms with Gasteiger partial charge in [0, 0.05) is 24.8 Å². The zero-order valence-corrected chi connectivity index (χ0v) is 11.7. The molecule has 0 radical (unpaired) electrons. The molecule has 2 aromatic rings. The van der Waals surface area contributed by atoms with Gasteiger partial charge < -0.3 is 10.6 Å². The number of aryl methyl sites for hydroxylation is 1. The molecule has 0 aliphatic heterocycles. The van der Waals surface area contributed by atoms with Crippen LogP contribution in [0.1, 0.15) is 12.0 Å². The van der Waals surface area contributed by atoms with E-state index < -0.39 is 0 Å². The van der Waals surface area contributed by atoms with Gasteiger partial charge in [0.1, 0.15) is 5.82 Å². The maximum absolute atomic E-state index is 5.61.